The second-order valence-corrected chi connectivity index (χ2v) is 5.24. The summed E-state index contributed by atoms with van der Waals surface area (Å²) in [7, 11) is 0. The highest BCUT2D eigenvalue weighted by Crippen LogP contribution is 2.26. The van der Waals surface area contributed by atoms with Gasteiger partial charge in [0, 0.05) is 6.04 Å². The van der Waals surface area contributed by atoms with E-state index in [0.717, 1.165) is 25.9 Å². The minimum atomic E-state index is -0.641. The fourth-order valence-corrected chi connectivity index (χ4v) is 2.67. The highest BCUT2D eigenvalue weighted by Gasteiger charge is 2.27. The zero-order valence-electron chi connectivity index (χ0n) is 11.1. The van der Waals surface area contributed by atoms with Crippen LogP contribution in [0.15, 0.2) is 24.3 Å². The minimum absolute atomic E-state index is 0.147. The van der Waals surface area contributed by atoms with Crippen LogP contribution in [0.25, 0.3) is 0 Å². The van der Waals surface area contributed by atoms with Crippen molar-refractivity contribution in [1.82, 2.24) is 4.90 Å². The normalized spacial score (nSPS) is 19.7. The van der Waals surface area contributed by atoms with Gasteiger partial charge in [0.25, 0.3) is 0 Å². The molecule has 2 rings (SSSR count). The summed E-state index contributed by atoms with van der Waals surface area (Å²) >= 11 is 0. The molecule has 0 radical (unpaired) electrons. The molecular weight excluding hydrogens is 226 g/mol. The Hall–Kier alpha value is -1.35. The highest BCUT2D eigenvalue weighted by molar-refractivity contribution is 5.70. The summed E-state index contributed by atoms with van der Waals surface area (Å²) in [6.45, 7) is 6.07. The van der Waals surface area contributed by atoms with E-state index in [1.165, 1.54) is 11.1 Å². The second kappa shape index (κ2) is 5.53. The minimum Gasteiger partial charge on any atom is -0.481 e. The highest BCUT2D eigenvalue weighted by atomic mass is 16.4. The molecule has 0 saturated carbocycles. The van der Waals surface area contributed by atoms with Gasteiger partial charge < -0.3 is 5.11 Å². The molecule has 0 aromatic heterocycles. The van der Waals surface area contributed by atoms with E-state index < -0.39 is 5.97 Å². The van der Waals surface area contributed by atoms with Gasteiger partial charge in [0.05, 0.1) is 5.92 Å². The molecule has 1 saturated heterocycles. The van der Waals surface area contributed by atoms with Crippen molar-refractivity contribution in [2.45, 2.75) is 32.7 Å². The van der Waals surface area contributed by atoms with Crippen LogP contribution < -0.4 is 0 Å². The van der Waals surface area contributed by atoms with Crippen molar-refractivity contribution in [2.24, 2.45) is 5.92 Å². The third-order valence-electron chi connectivity index (χ3n) is 3.95. The summed E-state index contributed by atoms with van der Waals surface area (Å²) < 4.78 is 0. The number of carbonyl (C=O) groups is 1. The molecule has 98 valence electrons. The number of rotatable bonds is 3. The topological polar surface area (TPSA) is 40.5 Å². The summed E-state index contributed by atoms with van der Waals surface area (Å²) in [5.74, 6) is -0.788. The van der Waals surface area contributed by atoms with Crippen LogP contribution >= 0.6 is 0 Å². The van der Waals surface area contributed by atoms with Gasteiger partial charge in [0.1, 0.15) is 0 Å². The van der Waals surface area contributed by atoms with Crippen molar-refractivity contribution in [3.8, 4) is 0 Å². The first-order valence-electron chi connectivity index (χ1n) is 6.61. The van der Waals surface area contributed by atoms with Gasteiger partial charge in [0.2, 0.25) is 0 Å². The van der Waals surface area contributed by atoms with Crippen molar-refractivity contribution in [3.05, 3.63) is 35.4 Å². The number of likely N-dealkylation sites (tertiary alicyclic amines) is 1. The summed E-state index contributed by atoms with van der Waals surface area (Å²) in [6.07, 6.45) is 1.54. The maximum absolute atomic E-state index is 10.9. The zero-order valence-corrected chi connectivity index (χ0v) is 11.1. The largest absolute Gasteiger partial charge is 0.481 e. The SMILES string of the molecule is Cc1cccc(C(C)N2CCC(C(=O)O)CC2)c1. The number of piperidine rings is 1. The molecule has 3 nitrogen and oxygen atoms in total. The monoisotopic (exact) mass is 247 g/mol. The van der Waals surface area contributed by atoms with Gasteiger partial charge >= 0.3 is 5.97 Å². The molecule has 0 bridgehead atoms. The molecule has 1 N–H and O–H groups in total. The van der Waals surface area contributed by atoms with Crippen LogP contribution in [0.5, 0.6) is 0 Å². The van der Waals surface area contributed by atoms with Crippen molar-refractivity contribution in [2.75, 3.05) is 13.1 Å². The molecular formula is C15H21NO2. The summed E-state index contributed by atoms with van der Waals surface area (Å²) in [5, 5.41) is 9.00. The number of hydrogen-bond acceptors (Lipinski definition) is 2. The van der Waals surface area contributed by atoms with Crippen LogP contribution in [0.4, 0.5) is 0 Å². The maximum atomic E-state index is 10.9. The first-order valence-corrected chi connectivity index (χ1v) is 6.61. The lowest BCUT2D eigenvalue weighted by Gasteiger charge is -2.35. The van der Waals surface area contributed by atoms with E-state index in [2.05, 4.69) is 43.0 Å². The number of nitrogens with zero attached hydrogens (tertiary/aromatic N) is 1. The molecule has 1 fully saturated rings. The van der Waals surface area contributed by atoms with E-state index in [9.17, 15) is 4.79 Å². The molecule has 1 aromatic rings. The molecule has 0 aliphatic carbocycles. The van der Waals surface area contributed by atoms with Crippen LogP contribution in [0.2, 0.25) is 0 Å². The third kappa shape index (κ3) is 2.91. The number of aliphatic carboxylic acids is 1. The van der Waals surface area contributed by atoms with Gasteiger partial charge in [-0.15, -0.1) is 0 Å². The number of hydrogen-bond donors (Lipinski definition) is 1. The van der Waals surface area contributed by atoms with Crippen LogP contribution in [-0.2, 0) is 4.79 Å². The number of benzene rings is 1. The number of aryl methyl sites for hydroxylation is 1. The maximum Gasteiger partial charge on any atom is 0.306 e. The second-order valence-electron chi connectivity index (χ2n) is 5.24. The van der Waals surface area contributed by atoms with Gasteiger partial charge in [-0.3, -0.25) is 9.69 Å². The fraction of sp³-hybridized carbons (Fsp3) is 0.533. The quantitative estimate of drug-likeness (QED) is 0.893. The first-order chi connectivity index (χ1) is 8.58. The lowest BCUT2D eigenvalue weighted by Crippen LogP contribution is -2.37. The van der Waals surface area contributed by atoms with Crippen LogP contribution in [-0.4, -0.2) is 29.1 Å². The van der Waals surface area contributed by atoms with Crippen LogP contribution in [0.1, 0.15) is 36.9 Å². The Kier molecular flexibility index (Phi) is 4.02. The summed E-state index contributed by atoms with van der Waals surface area (Å²) in [4.78, 5) is 13.3. The lowest BCUT2D eigenvalue weighted by atomic mass is 9.94. The van der Waals surface area contributed by atoms with E-state index in [0.29, 0.717) is 6.04 Å². The fourth-order valence-electron chi connectivity index (χ4n) is 2.67. The molecule has 1 aliphatic rings. The average Bonchev–Trinajstić information content (AvgIpc) is 2.38. The van der Waals surface area contributed by atoms with Crippen molar-refractivity contribution < 1.29 is 9.90 Å². The lowest BCUT2D eigenvalue weighted by molar-refractivity contribution is -0.143. The zero-order chi connectivity index (χ0) is 13.1. The predicted octanol–water partition coefficient (Wildman–Crippen LogP) is 2.85. The molecule has 3 heteroatoms. The molecule has 1 atom stereocenters. The Morgan fingerprint density at radius 3 is 2.61 bits per heavy atom. The van der Waals surface area contributed by atoms with Crippen LogP contribution in [0.3, 0.4) is 0 Å². The van der Waals surface area contributed by atoms with E-state index in [1.54, 1.807) is 0 Å². The standard InChI is InChI=1S/C15H21NO2/c1-11-4-3-5-14(10-11)12(2)16-8-6-13(7-9-16)15(17)18/h3-5,10,12-13H,6-9H2,1-2H3,(H,17,18). The van der Waals surface area contributed by atoms with Crippen molar-refractivity contribution in [3.63, 3.8) is 0 Å². The number of carboxylic acid groups (broad SMARTS) is 1. The Morgan fingerprint density at radius 1 is 1.39 bits per heavy atom. The van der Waals surface area contributed by atoms with Gasteiger partial charge in [0.15, 0.2) is 0 Å². The summed E-state index contributed by atoms with van der Waals surface area (Å²) in [5.41, 5.74) is 2.60. The van der Waals surface area contributed by atoms with Gasteiger partial charge in [-0.25, -0.2) is 0 Å². The molecule has 0 amide bonds. The smallest absolute Gasteiger partial charge is 0.306 e. The van der Waals surface area contributed by atoms with Crippen LogP contribution in [0, 0.1) is 12.8 Å². The number of carboxylic acids is 1. The molecule has 0 spiro atoms. The van der Waals surface area contributed by atoms with E-state index in [-0.39, 0.29) is 5.92 Å². The molecule has 1 heterocycles. The van der Waals surface area contributed by atoms with Crippen molar-refractivity contribution >= 4 is 5.97 Å². The molecule has 1 unspecified atom stereocenters. The molecule has 18 heavy (non-hydrogen) atoms. The van der Waals surface area contributed by atoms with Gasteiger partial charge in [-0.1, -0.05) is 29.8 Å². The van der Waals surface area contributed by atoms with Gasteiger partial charge in [-0.05, 0) is 45.3 Å². The predicted molar refractivity (Wildman–Crippen MR) is 71.5 cm³/mol. The summed E-state index contributed by atoms with van der Waals surface area (Å²) in [6, 6.07) is 8.94. The Morgan fingerprint density at radius 2 is 2.06 bits per heavy atom. The third-order valence-corrected chi connectivity index (χ3v) is 3.95. The molecule has 1 aliphatic heterocycles. The molecule has 1 aromatic carbocycles. The van der Waals surface area contributed by atoms with E-state index in [1.807, 2.05) is 0 Å². The van der Waals surface area contributed by atoms with E-state index >= 15 is 0 Å². The van der Waals surface area contributed by atoms with Gasteiger partial charge in [-0.2, -0.15) is 0 Å². The average molecular weight is 247 g/mol. The van der Waals surface area contributed by atoms with E-state index in [4.69, 9.17) is 5.11 Å². The Balaban J connectivity index is 1.99. The van der Waals surface area contributed by atoms with Crippen molar-refractivity contribution in [1.29, 1.82) is 0 Å². The Labute approximate surface area is 108 Å². The Bertz CT molecular complexity index is 422. The first kappa shape index (κ1) is 13.1.